The lowest BCUT2D eigenvalue weighted by Crippen LogP contribution is -2.02. The third-order valence-electron chi connectivity index (χ3n) is 2.50. The van der Waals surface area contributed by atoms with Gasteiger partial charge in [-0.15, -0.1) is 0 Å². The van der Waals surface area contributed by atoms with Gasteiger partial charge in [0, 0.05) is 6.54 Å². The molecule has 100 valence electrons. The molecule has 7 heteroatoms. The number of anilines is 1. The normalized spacial score (nSPS) is 10.4. The van der Waals surface area contributed by atoms with E-state index in [1.807, 2.05) is 0 Å². The smallest absolute Gasteiger partial charge is 0.397 e. The Morgan fingerprint density at radius 2 is 2.11 bits per heavy atom. The summed E-state index contributed by atoms with van der Waals surface area (Å²) < 4.78 is 5.03. The number of furan rings is 1. The van der Waals surface area contributed by atoms with Crippen LogP contribution in [-0.2, 0) is 0 Å². The first-order valence-electron chi connectivity index (χ1n) is 6.01. The number of rotatable bonds is 6. The fraction of sp³-hybridized carbons (Fsp3) is 0.333. The molecule has 0 aliphatic carbocycles. The summed E-state index contributed by atoms with van der Waals surface area (Å²) in [6.45, 7) is 2.98. The lowest BCUT2D eigenvalue weighted by atomic mass is 10.3. The molecule has 0 bridgehead atoms. The van der Waals surface area contributed by atoms with Gasteiger partial charge in [0.05, 0.1) is 24.1 Å². The van der Waals surface area contributed by atoms with Crippen LogP contribution in [0, 0.1) is 10.1 Å². The third kappa shape index (κ3) is 3.27. The molecule has 0 fully saturated rings. The molecule has 2 aromatic rings. The van der Waals surface area contributed by atoms with Crippen LogP contribution in [0.3, 0.4) is 0 Å². The number of nitrogens with one attached hydrogen (secondary N) is 1. The maximum atomic E-state index is 10.5. The molecule has 0 saturated carbocycles. The molecule has 19 heavy (non-hydrogen) atoms. The van der Waals surface area contributed by atoms with E-state index in [1.54, 1.807) is 12.4 Å². The van der Waals surface area contributed by atoms with E-state index in [1.165, 1.54) is 12.1 Å². The summed E-state index contributed by atoms with van der Waals surface area (Å²) >= 11 is 0. The van der Waals surface area contributed by atoms with Gasteiger partial charge in [0.15, 0.2) is 11.6 Å². The number of unbranched alkanes of at least 4 members (excludes halogenated alkanes) is 1. The Morgan fingerprint density at radius 3 is 2.68 bits per heavy atom. The summed E-state index contributed by atoms with van der Waals surface area (Å²) in [7, 11) is 0. The Balaban J connectivity index is 2.06. The van der Waals surface area contributed by atoms with Crippen LogP contribution < -0.4 is 5.32 Å². The van der Waals surface area contributed by atoms with Gasteiger partial charge in [-0.2, -0.15) is 0 Å². The summed E-state index contributed by atoms with van der Waals surface area (Å²) in [5, 5.41) is 13.7. The molecular weight excluding hydrogens is 248 g/mol. The molecule has 2 rings (SSSR count). The summed E-state index contributed by atoms with van der Waals surface area (Å²) in [5.74, 6) is 0.296. The third-order valence-corrected chi connectivity index (χ3v) is 2.50. The molecule has 0 aliphatic heterocycles. The van der Waals surface area contributed by atoms with Gasteiger partial charge >= 0.3 is 5.88 Å². The zero-order chi connectivity index (χ0) is 13.7. The molecule has 0 saturated heterocycles. The predicted octanol–water partition coefficient (Wildman–Crippen LogP) is 2.86. The van der Waals surface area contributed by atoms with Gasteiger partial charge in [-0.25, -0.2) is 9.97 Å². The summed E-state index contributed by atoms with van der Waals surface area (Å²) in [6.07, 6.45) is 5.45. The highest BCUT2D eigenvalue weighted by Gasteiger charge is 2.14. The van der Waals surface area contributed by atoms with Crippen molar-refractivity contribution < 1.29 is 9.34 Å². The van der Waals surface area contributed by atoms with Gasteiger partial charge in [-0.3, -0.25) is 10.1 Å². The maximum Gasteiger partial charge on any atom is 0.433 e. The summed E-state index contributed by atoms with van der Waals surface area (Å²) in [6, 6.07) is 2.77. The minimum absolute atomic E-state index is 0.284. The van der Waals surface area contributed by atoms with E-state index in [0.717, 1.165) is 25.1 Å². The van der Waals surface area contributed by atoms with Gasteiger partial charge in [-0.1, -0.05) is 13.3 Å². The van der Waals surface area contributed by atoms with Crippen LogP contribution in [-0.4, -0.2) is 21.4 Å². The van der Waals surface area contributed by atoms with E-state index in [0.29, 0.717) is 5.82 Å². The second-order valence-corrected chi connectivity index (χ2v) is 3.97. The van der Waals surface area contributed by atoms with Gasteiger partial charge in [0.2, 0.25) is 0 Å². The van der Waals surface area contributed by atoms with Gasteiger partial charge in [-0.05, 0) is 12.5 Å². The van der Waals surface area contributed by atoms with Crippen LogP contribution >= 0.6 is 0 Å². The van der Waals surface area contributed by atoms with Crippen LogP contribution in [0.2, 0.25) is 0 Å². The topological polar surface area (TPSA) is 94.1 Å². The van der Waals surface area contributed by atoms with E-state index in [4.69, 9.17) is 4.42 Å². The zero-order valence-corrected chi connectivity index (χ0v) is 10.5. The largest absolute Gasteiger partial charge is 0.433 e. The number of nitro groups is 1. The highest BCUT2D eigenvalue weighted by atomic mass is 16.6. The molecular formula is C12H14N4O3. The van der Waals surface area contributed by atoms with Crippen LogP contribution in [0.25, 0.3) is 11.6 Å². The Bertz CT molecular complexity index is 550. The Labute approximate surface area is 109 Å². The molecule has 0 aliphatic rings. The van der Waals surface area contributed by atoms with Crippen molar-refractivity contribution in [3.63, 3.8) is 0 Å². The first kappa shape index (κ1) is 13.0. The molecule has 2 heterocycles. The second kappa shape index (κ2) is 5.94. The first-order chi connectivity index (χ1) is 9.20. The van der Waals surface area contributed by atoms with Crippen LogP contribution in [0.5, 0.6) is 0 Å². The minimum Gasteiger partial charge on any atom is -0.397 e. The van der Waals surface area contributed by atoms with Gasteiger partial charge < -0.3 is 9.73 Å². The number of hydrogen-bond acceptors (Lipinski definition) is 6. The monoisotopic (exact) mass is 262 g/mol. The van der Waals surface area contributed by atoms with Crippen molar-refractivity contribution in [2.45, 2.75) is 19.8 Å². The SMILES string of the molecule is CCCCNc1cnc(-c2ccc([N+](=O)[O-])o2)nc1. The van der Waals surface area contributed by atoms with Crippen LogP contribution in [0.4, 0.5) is 11.6 Å². The number of aromatic nitrogens is 2. The summed E-state index contributed by atoms with van der Waals surface area (Å²) in [5.41, 5.74) is 0.818. The quantitative estimate of drug-likeness (QED) is 0.488. The Hall–Kier alpha value is -2.44. The van der Waals surface area contributed by atoms with E-state index in [9.17, 15) is 10.1 Å². The van der Waals surface area contributed by atoms with Crippen molar-refractivity contribution in [1.82, 2.24) is 9.97 Å². The highest BCUT2D eigenvalue weighted by Crippen LogP contribution is 2.23. The average Bonchev–Trinajstić information content (AvgIpc) is 2.90. The molecule has 0 unspecified atom stereocenters. The Kier molecular flexibility index (Phi) is 4.07. The summed E-state index contributed by atoms with van der Waals surface area (Å²) in [4.78, 5) is 18.1. The minimum atomic E-state index is -0.593. The molecule has 7 nitrogen and oxygen atoms in total. The molecule has 0 spiro atoms. The number of hydrogen-bond donors (Lipinski definition) is 1. The predicted molar refractivity (Wildman–Crippen MR) is 69.8 cm³/mol. The standard InChI is InChI=1S/C12H14N4O3/c1-2-3-6-13-9-7-14-12(15-8-9)10-4-5-11(19-10)16(17)18/h4-5,7-8,13H,2-3,6H2,1H3. The maximum absolute atomic E-state index is 10.5. The Morgan fingerprint density at radius 1 is 1.37 bits per heavy atom. The van der Waals surface area contributed by atoms with E-state index >= 15 is 0 Å². The fourth-order valence-corrected chi connectivity index (χ4v) is 1.50. The molecule has 0 atom stereocenters. The van der Waals surface area contributed by atoms with E-state index < -0.39 is 4.92 Å². The van der Waals surface area contributed by atoms with Crippen molar-refractivity contribution >= 4 is 11.6 Å². The zero-order valence-electron chi connectivity index (χ0n) is 10.5. The molecule has 0 radical (unpaired) electrons. The van der Waals surface area contributed by atoms with Crippen molar-refractivity contribution in [1.29, 1.82) is 0 Å². The molecule has 0 aromatic carbocycles. The number of nitrogens with zero attached hydrogens (tertiary/aromatic N) is 3. The lowest BCUT2D eigenvalue weighted by molar-refractivity contribution is -0.401. The fourth-order valence-electron chi connectivity index (χ4n) is 1.50. The molecule has 2 aromatic heterocycles. The van der Waals surface area contributed by atoms with E-state index in [2.05, 4.69) is 22.2 Å². The van der Waals surface area contributed by atoms with Gasteiger partial charge in [0.1, 0.15) is 4.92 Å². The van der Waals surface area contributed by atoms with Crippen LogP contribution in [0.15, 0.2) is 28.9 Å². The first-order valence-corrected chi connectivity index (χ1v) is 6.01. The van der Waals surface area contributed by atoms with Gasteiger partial charge in [0.25, 0.3) is 0 Å². The van der Waals surface area contributed by atoms with Crippen molar-refractivity contribution in [3.8, 4) is 11.6 Å². The molecule has 1 N–H and O–H groups in total. The van der Waals surface area contributed by atoms with Crippen molar-refractivity contribution in [3.05, 3.63) is 34.6 Å². The molecule has 0 amide bonds. The van der Waals surface area contributed by atoms with Crippen molar-refractivity contribution in [2.24, 2.45) is 0 Å². The lowest BCUT2D eigenvalue weighted by Gasteiger charge is -2.04. The van der Waals surface area contributed by atoms with Crippen LogP contribution in [0.1, 0.15) is 19.8 Å². The van der Waals surface area contributed by atoms with Crippen molar-refractivity contribution in [2.75, 3.05) is 11.9 Å². The average molecular weight is 262 g/mol. The second-order valence-electron chi connectivity index (χ2n) is 3.97. The van der Waals surface area contributed by atoms with E-state index in [-0.39, 0.29) is 11.6 Å². The highest BCUT2D eigenvalue weighted by molar-refractivity contribution is 5.51.